The van der Waals surface area contributed by atoms with Gasteiger partial charge in [0.1, 0.15) is 11.2 Å². The molecule has 2 rings (SSSR count). The van der Waals surface area contributed by atoms with Crippen LogP contribution in [0.5, 0.6) is 0 Å². The number of esters is 1. The summed E-state index contributed by atoms with van der Waals surface area (Å²) >= 11 is 0. The highest BCUT2D eigenvalue weighted by Gasteiger charge is 2.33. The SMILES string of the molecule is COC(=O)C(C)(C)c1ncc(-c2ccccc2)[nH]1. The molecule has 1 heterocycles. The van der Waals surface area contributed by atoms with Gasteiger partial charge in [0.15, 0.2) is 0 Å². The second-order valence-electron chi connectivity index (χ2n) is 4.63. The van der Waals surface area contributed by atoms with E-state index in [-0.39, 0.29) is 5.97 Å². The van der Waals surface area contributed by atoms with Gasteiger partial charge in [-0.05, 0) is 19.4 Å². The van der Waals surface area contributed by atoms with Gasteiger partial charge in [0.25, 0.3) is 0 Å². The molecule has 1 N–H and O–H groups in total. The molecule has 0 amide bonds. The average molecular weight is 244 g/mol. The van der Waals surface area contributed by atoms with Crippen molar-refractivity contribution in [1.82, 2.24) is 9.97 Å². The Bertz CT molecular complexity index is 544. The van der Waals surface area contributed by atoms with Crippen LogP contribution in [-0.4, -0.2) is 23.0 Å². The minimum absolute atomic E-state index is 0.309. The molecule has 0 aliphatic heterocycles. The third-order valence-electron chi connectivity index (χ3n) is 2.95. The van der Waals surface area contributed by atoms with Crippen LogP contribution in [0.4, 0.5) is 0 Å². The Hall–Kier alpha value is -2.10. The van der Waals surface area contributed by atoms with Crippen molar-refractivity contribution in [3.8, 4) is 11.3 Å². The van der Waals surface area contributed by atoms with Crippen molar-refractivity contribution in [1.29, 1.82) is 0 Å². The normalized spacial score (nSPS) is 11.3. The number of benzene rings is 1. The number of aromatic amines is 1. The van der Waals surface area contributed by atoms with E-state index in [9.17, 15) is 4.79 Å². The summed E-state index contributed by atoms with van der Waals surface area (Å²) in [5.74, 6) is 0.296. The fourth-order valence-corrected chi connectivity index (χ4v) is 1.76. The lowest BCUT2D eigenvalue weighted by Crippen LogP contribution is -2.31. The Labute approximate surface area is 106 Å². The van der Waals surface area contributed by atoms with Crippen molar-refractivity contribution in [2.24, 2.45) is 0 Å². The minimum atomic E-state index is -0.776. The van der Waals surface area contributed by atoms with Crippen LogP contribution in [0.15, 0.2) is 36.5 Å². The van der Waals surface area contributed by atoms with E-state index in [2.05, 4.69) is 9.97 Å². The van der Waals surface area contributed by atoms with Gasteiger partial charge in [-0.15, -0.1) is 0 Å². The standard InChI is InChI=1S/C14H16N2O2/c1-14(2,13(17)18-3)12-15-9-11(16-12)10-7-5-4-6-8-10/h4-9H,1-3H3,(H,15,16). The van der Waals surface area contributed by atoms with E-state index in [1.807, 2.05) is 30.3 Å². The van der Waals surface area contributed by atoms with Gasteiger partial charge >= 0.3 is 5.97 Å². The second kappa shape index (κ2) is 4.64. The van der Waals surface area contributed by atoms with Crippen LogP contribution < -0.4 is 0 Å². The molecule has 4 heteroatoms. The van der Waals surface area contributed by atoms with Crippen LogP contribution in [-0.2, 0) is 14.9 Å². The Kier molecular flexibility index (Phi) is 3.19. The van der Waals surface area contributed by atoms with Crippen molar-refractivity contribution in [2.45, 2.75) is 19.3 Å². The number of aromatic nitrogens is 2. The minimum Gasteiger partial charge on any atom is -0.468 e. The zero-order valence-corrected chi connectivity index (χ0v) is 10.7. The number of methoxy groups -OCH3 is 1. The van der Waals surface area contributed by atoms with Gasteiger partial charge in [-0.1, -0.05) is 30.3 Å². The highest BCUT2D eigenvalue weighted by atomic mass is 16.5. The lowest BCUT2D eigenvalue weighted by atomic mass is 9.93. The Morgan fingerprint density at radius 1 is 1.28 bits per heavy atom. The van der Waals surface area contributed by atoms with Gasteiger partial charge in [-0.25, -0.2) is 4.98 Å². The molecule has 0 aliphatic rings. The molecule has 0 fully saturated rings. The maximum Gasteiger partial charge on any atom is 0.318 e. The Balaban J connectivity index is 2.34. The molecule has 0 radical (unpaired) electrons. The predicted molar refractivity (Wildman–Crippen MR) is 69.1 cm³/mol. The van der Waals surface area contributed by atoms with E-state index in [0.29, 0.717) is 5.82 Å². The van der Waals surface area contributed by atoms with Crippen molar-refractivity contribution in [3.63, 3.8) is 0 Å². The van der Waals surface area contributed by atoms with E-state index in [4.69, 9.17) is 4.74 Å². The van der Waals surface area contributed by atoms with Crippen LogP contribution in [0.3, 0.4) is 0 Å². The molecule has 4 nitrogen and oxygen atoms in total. The van der Waals surface area contributed by atoms with Gasteiger partial charge in [0.2, 0.25) is 0 Å². The molecular weight excluding hydrogens is 228 g/mol. The molecular formula is C14H16N2O2. The first-order valence-electron chi connectivity index (χ1n) is 5.75. The first kappa shape index (κ1) is 12.4. The molecule has 1 aromatic carbocycles. The van der Waals surface area contributed by atoms with E-state index in [0.717, 1.165) is 11.3 Å². The summed E-state index contributed by atoms with van der Waals surface area (Å²) in [5, 5.41) is 0. The number of rotatable bonds is 3. The van der Waals surface area contributed by atoms with Gasteiger partial charge in [0.05, 0.1) is 19.0 Å². The topological polar surface area (TPSA) is 55.0 Å². The summed E-state index contributed by atoms with van der Waals surface area (Å²) in [6.07, 6.45) is 1.73. The van der Waals surface area contributed by atoms with E-state index < -0.39 is 5.41 Å². The zero-order chi connectivity index (χ0) is 13.2. The number of H-pyrrole nitrogens is 1. The summed E-state index contributed by atoms with van der Waals surface area (Å²) < 4.78 is 4.79. The lowest BCUT2D eigenvalue weighted by Gasteiger charge is -2.18. The van der Waals surface area contributed by atoms with E-state index in [1.165, 1.54) is 7.11 Å². The highest BCUT2D eigenvalue weighted by molar-refractivity contribution is 5.81. The zero-order valence-electron chi connectivity index (χ0n) is 10.7. The van der Waals surface area contributed by atoms with Gasteiger partial charge in [-0.2, -0.15) is 0 Å². The molecule has 0 aliphatic carbocycles. The van der Waals surface area contributed by atoms with Crippen molar-refractivity contribution < 1.29 is 9.53 Å². The number of hydrogen-bond donors (Lipinski definition) is 1. The lowest BCUT2D eigenvalue weighted by molar-refractivity contribution is -0.146. The highest BCUT2D eigenvalue weighted by Crippen LogP contribution is 2.25. The first-order valence-corrected chi connectivity index (χ1v) is 5.75. The summed E-state index contributed by atoms with van der Waals surface area (Å²) in [6.45, 7) is 3.57. The van der Waals surface area contributed by atoms with Crippen LogP contribution in [0, 0.1) is 0 Å². The third kappa shape index (κ3) is 2.14. The van der Waals surface area contributed by atoms with Gasteiger partial charge in [-0.3, -0.25) is 4.79 Å². The quantitative estimate of drug-likeness (QED) is 0.844. The summed E-state index contributed by atoms with van der Waals surface area (Å²) in [7, 11) is 1.38. The second-order valence-corrected chi connectivity index (χ2v) is 4.63. The third-order valence-corrected chi connectivity index (χ3v) is 2.95. The van der Waals surface area contributed by atoms with Crippen LogP contribution in [0.25, 0.3) is 11.3 Å². The number of ether oxygens (including phenoxy) is 1. The smallest absolute Gasteiger partial charge is 0.318 e. The van der Waals surface area contributed by atoms with E-state index in [1.54, 1.807) is 20.0 Å². The molecule has 2 aromatic rings. The fraction of sp³-hybridized carbons (Fsp3) is 0.286. The molecule has 0 spiro atoms. The van der Waals surface area contributed by atoms with Crippen molar-refractivity contribution in [2.75, 3.05) is 7.11 Å². The fourth-order valence-electron chi connectivity index (χ4n) is 1.76. The summed E-state index contributed by atoms with van der Waals surface area (Å²) in [4.78, 5) is 19.1. The molecule has 94 valence electrons. The molecule has 1 aromatic heterocycles. The summed E-state index contributed by atoms with van der Waals surface area (Å²) in [5.41, 5.74) is 1.15. The van der Waals surface area contributed by atoms with Crippen molar-refractivity contribution >= 4 is 5.97 Å². The van der Waals surface area contributed by atoms with Crippen LogP contribution >= 0.6 is 0 Å². The number of hydrogen-bond acceptors (Lipinski definition) is 3. The molecule has 0 atom stereocenters. The van der Waals surface area contributed by atoms with Crippen LogP contribution in [0.2, 0.25) is 0 Å². The Morgan fingerprint density at radius 3 is 2.56 bits per heavy atom. The first-order chi connectivity index (χ1) is 8.55. The molecule has 0 saturated heterocycles. The monoisotopic (exact) mass is 244 g/mol. The largest absolute Gasteiger partial charge is 0.468 e. The number of imidazole rings is 1. The van der Waals surface area contributed by atoms with Gasteiger partial charge in [0, 0.05) is 0 Å². The van der Waals surface area contributed by atoms with Crippen molar-refractivity contribution in [3.05, 3.63) is 42.4 Å². The maximum atomic E-state index is 11.7. The average Bonchev–Trinajstić information content (AvgIpc) is 2.89. The van der Waals surface area contributed by atoms with Crippen LogP contribution in [0.1, 0.15) is 19.7 Å². The number of nitrogens with zero attached hydrogens (tertiary/aromatic N) is 1. The number of carbonyl (C=O) groups excluding carboxylic acids is 1. The summed E-state index contributed by atoms with van der Waals surface area (Å²) in [6, 6.07) is 9.85. The molecule has 0 unspecified atom stereocenters. The van der Waals surface area contributed by atoms with Gasteiger partial charge < -0.3 is 9.72 Å². The number of nitrogens with one attached hydrogen (secondary N) is 1. The van der Waals surface area contributed by atoms with E-state index >= 15 is 0 Å². The molecule has 0 saturated carbocycles. The predicted octanol–water partition coefficient (Wildman–Crippen LogP) is 2.53. The molecule has 18 heavy (non-hydrogen) atoms. The number of carbonyl (C=O) groups is 1. The maximum absolute atomic E-state index is 11.7. The Morgan fingerprint density at radius 2 is 1.94 bits per heavy atom. The molecule has 0 bridgehead atoms.